The number of rotatable bonds is 7. The number of ether oxygens (including phenoxy) is 1. The van der Waals surface area contributed by atoms with E-state index in [4.69, 9.17) is 17.0 Å². The monoisotopic (exact) mass is 435 g/mol. The first kappa shape index (κ1) is 20.4. The topological polar surface area (TPSA) is 40.3 Å². The van der Waals surface area contributed by atoms with Gasteiger partial charge in [-0.15, -0.1) is 11.3 Å². The number of anilines is 1. The Balaban J connectivity index is 1.53. The number of H-pyrrole nitrogens is 1. The van der Waals surface area contributed by atoms with Gasteiger partial charge in [0.1, 0.15) is 5.75 Å². The molecule has 30 heavy (non-hydrogen) atoms. The SMILES string of the molecule is COc1cccc(NC(=S)N(CCc2c(C)[nH]c3ccccc23)Cc2cccs2)c1. The molecular formula is C24H25N3OS2. The lowest BCUT2D eigenvalue weighted by Gasteiger charge is -2.26. The van der Waals surface area contributed by atoms with Crippen LogP contribution in [0.1, 0.15) is 16.1 Å². The Morgan fingerprint density at radius 3 is 2.80 bits per heavy atom. The van der Waals surface area contributed by atoms with Crippen molar-refractivity contribution in [1.82, 2.24) is 9.88 Å². The molecule has 6 heteroatoms. The van der Waals surface area contributed by atoms with Crippen molar-refractivity contribution in [2.24, 2.45) is 0 Å². The predicted molar refractivity (Wildman–Crippen MR) is 131 cm³/mol. The number of hydrogen-bond acceptors (Lipinski definition) is 3. The van der Waals surface area contributed by atoms with E-state index < -0.39 is 0 Å². The van der Waals surface area contributed by atoms with Crippen LogP contribution in [0.2, 0.25) is 0 Å². The minimum atomic E-state index is 0.717. The van der Waals surface area contributed by atoms with Crippen LogP contribution in [0.5, 0.6) is 5.75 Å². The second-order valence-electron chi connectivity index (χ2n) is 7.19. The number of aromatic amines is 1. The molecule has 0 radical (unpaired) electrons. The summed E-state index contributed by atoms with van der Waals surface area (Å²) < 4.78 is 5.33. The molecule has 4 rings (SSSR count). The molecule has 2 N–H and O–H groups in total. The number of methoxy groups -OCH3 is 1. The molecule has 0 atom stereocenters. The molecule has 4 aromatic rings. The summed E-state index contributed by atoms with van der Waals surface area (Å²) in [5.74, 6) is 0.807. The normalized spacial score (nSPS) is 10.9. The third kappa shape index (κ3) is 4.66. The number of benzene rings is 2. The van der Waals surface area contributed by atoms with Crippen LogP contribution in [0.25, 0.3) is 10.9 Å². The molecule has 4 nitrogen and oxygen atoms in total. The molecule has 0 aliphatic heterocycles. The van der Waals surface area contributed by atoms with E-state index in [9.17, 15) is 0 Å². The van der Waals surface area contributed by atoms with Gasteiger partial charge in [0.2, 0.25) is 0 Å². The molecule has 0 saturated heterocycles. The Hall–Kier alpha value is -2.83. The molecular weight excluding hydrogens is 410 g/mol. The zero-order valence-corrected chi connectivity index (χ0v) is 18.8. The second kappa shape index (κ2) is 9.32. The molecule has 2 aromatic carbocycles. The molecule has 0 aliphatic carbocycles. The highest BCUT2D eigenvalue weighted by atomic mass is 32.1. The van der Waals surface area contributed by atoms with Gasteiger partial charge < -0.3 is 19.9 Å². The summed E-state index contributed by atoms with van der Waals surface area (Å²) in [6.07, 6.45) is 0.918. The molecule has 0 amide bonds. The van der Waals surface area contributed by atoms with Crippen molar-refractivity contribution in [2.45, 2.75) is 19.9 Å². The molecule has 0 saturated carbocycles. The molecule has 0 spiro atoms. The largest absolute Gasteiger partial charge is 0.497 e. The number of aromatic nitrogens is 1. The lowest BCUT2D eigenvalue weighted by molar-refractivity contribution is 0.415. The summed E-state index contributed by atoms with van der Waals surface area (Å²) in [7, 11) is 1.67. The number of thiocarbonyl (C=S) groups is 1. The van der Waals surface area contributed by atoms with Gasteiger partial charge in [0.15, 0.2) is 5.11 Å². The molecule has 0 aliphatic rings. The average Bonchev–Trinajstić information content (AvgIpc) is 3.38. The lowest BCUT2D eigenvalue weighted by atomic mass is 10.1. The Bertz CT molecular complexity index is 1130. The number of nitrogens with zero attached hydrogens (tertiary/aromatic N) is 1. The molecule has 154 valence electrons. The van der Waals surface area contributed by atoms with Crippen LogP contribution in [-0.4, -0.2) is 28.7 Å². The molecule has 0 bridgehead atoms. The van der Waals surface area contributed by atoms with Gasteiger partial charge in [-0.2, -0.15) is 0 Å². The van der Waals surface area contributed by atoms with Gasteiger partial charge in [0.05, 0.1) is 13.7 Å². The summed E-state index contributed by atoms with van der Waals surface area (Å²) in [5, 5.41) is 7.50. The number of hydrogen-bond donors (Lipinski definition) is 2. The fourth-order valence-corrected chi connectivity index (χ4v) is 4.64. The van der Waals surface area contributed by atoms with Gasteiger partial charge in [0, 0.05) is 39.8 Å². The van der Waals surface area contributed by atoms with E-state index in [1.54, 1.807) is 18.4 Å². The average molecular weight is 436 g/mol. The van der Waals surface area contributed by atoms with Gasteiger partial charge >= 0.3 is 0 Å². The van der Waals surface area contributed by atoms with Crippen LogP contribution in [0.4, 0.5) is 5.69 Å². The van der Waals surface area contributed by atoms with E-state index in [1.807, 2.05) is 24.3 Å². The highest BCUT2D eigenvalue weighted by Crippen LogP contribution is 2.24. The van der Waals surface area contributed by atoms with Gasteiger partial charge in [0.25, 0.3) is 0 Å². The van der Waals surface area contributed by atoms with Crippen molar-refractivity contribution in [2.75, 3.05) is 19.0 Å². The van der Waals surface area contributed by atoms with Crippen LogP contribution >= 0.6 is 23.6 Å². The van der Waals surface area contributed by atoms with E-state index in [1.165, 1.54) is 27.0 Å². The standard InChI is InChI=1S/C24H25N3OS2/c1-17-21(22-10-3-4-11-23(22)25-17)12-13-27(16-20-9-6-14-30-20)24(29)26-18-7-5-8-19(15-18)28-2/h3-11,14-15,25H,12-13,16H2,1-2H3,(H,26,29). The highest BCUT2D eigenvalue weighted by molar-refractivity contribution is 7.80. The Morgan fingerprint density at radius 2 is 2.00 bits per heavy atom. The highest BCUT2D eigenvalue weighted by Gasteiger charge is 2.15. The van der Waals surface area contributed by atoms with Gasteiger partial charge in [-0.1, -0.05) is 30.3 Å². The van der Waals surface area contributed by atoms with Gasteiger partial charge in [-0.05, 0) is 60.8 Å². The first-order valence-corrected chi connectivity index (χ1v) is 11.2. The van der Waals surface area contributed by atoms with E-state index in [-0.39, 0.29) is 0 Å². The third-order valence-electron chi connectivity index (χ3n) is 5.19. The first-order valence-electron chi connectivity index (χ1n) is 9.92. The van der Waals surface area contributed by atoms with Crippen molar-refractivity contribution in [3.63, 3.8) is 0 Å². The van der Waals surface area contributed by atoms with Gasteiger partial charge in [-0.3, -0.25) is 0 Å². The fraction of sp³-hybridized carbons (Fsp3) is 0.208. The number of para-hydroxylation sites is 1. The summed E-state index contributed by atoms with van der Waals surface area (Å²) in [4.78, 5) is 7.03. The Morgan fingerprint density at radius 1 is 1.13 bits per heavy atom. The quantitative estimate of drug-likeness (QED) is 0.350. The number of fused-ring (bicyclic) bond motifs is 1. The lowest BCUT2D eigenvalue weighted by Crippen LogP contribution is -2.35. The predicted octanol–water partition coefficient (Wildman–Crippen LogP) is 5.99. The van der Waals surface area contributed by atoms with Gasteiger partial charge in [-0.25, -0.2) is 0 Å². The maximum absolute atomic E-state index is 5.80. The summed E-state index contributed by atoms with van der Waals surface area (Å²) in [5.41, 5.74) is 4.69. The fourth-order valence-electron chi connectivity index (χ4n) is 3.65. The maximum Gasteiger partial charge on any atom is 0.173 e. The summed E-state index contributed by atoms with van der Waals surface area (Å²) >= 11 is 7.56. The maximum atomic E-state index is 5.80. The van der Waals surface area contributed by atoms with Crippen LogP contribution in [-0.2, 0) is 13.0 Å². The zero-order chi connectivity index (χ0) is 20.9. The minimum Gasteiger partial charge on any atom is -0.497 e. The summed E-state index contributed by atoms with van der Waals surface area (Å²) in [6, 6.07) is 20.6. The minimum absolute atomic E-state index is 0.717. The van der Waals surface area contributed by atoms with Crippen LogP contribution in [0.3, 0.4) is 0 Å². The number of nitrogens with one attached hydrogen (secondary N) is 2. The first-order chi connectivity index (χ1) is 14.6. The molecule has 2 heterocycles. The zero-order valence-electron chi connectivity index (χ0n) is 17.1. The molecule has 0 unspecified atom stereocenters. The van der Waals surface area contributed by atoms with E-state index in [2.05, 4.69) is 63.9 Å². The molecule has 0 fully saturated rings. The third-order valence-corrected chi connectivity index (χ3v) is 6.42. The van der Waals surface area contributed by atoms with E-state index >= 15 is 0 Å². The smallest absolute Gasteiger partial charge is 0.173 e. The van der Waals surface area contributed by atoms with Crippen molar-refractivity contribution >= 4 is 45.3 Å². The van der Waals surface area contributed by atoms with Crippen molar-refractivity contribution in [1.29, 1.82) is 0 Å². The van der Waals surface area contributed by atoms with E-state index in [0.717, 1.165) is 30.9 Å². The number of thiophene rings is 1. The van der Waals surface area contributed by atoms with Crippen LogP contribution in [0.15, 0.2) is 66.0 Å². The van der Waals surface area contributed by atoms with Crippen LogP contribution in [0, 0.1) is 6.92 Å². The van der Waals surface area contributed by atoms with Crippen molar-refractivity contribution in [3.05, 3.63) is 82.2 Å². The Kier molecular flexibility index (Phi) is 6.35. The van der Waals surface area contributed by atoms with E-state index in [0.29, 0.717) is 5.11 Å². The molecule has 2 aromatic heterocycles. The van der Waals surface area contributed by atoms with Crippen molar-refractivity contribution in [3.8, 4) is 5.75 Å². The number of aryl methyl sites for hydroxylation is 1. The Labute approximate surface area is 186 Å². The van der Waals surface area contributed by atoms with Crippen molar-refractivity contribution < 1.29 is 4.74 Å². The summed E-state index contributed by atoms with van der Waals surface area (Å²) in [6.45, 7) is 3.76. The van der Waals surface area contributed by atoms with Crippen LogP contribution < -0.4 is 10.1 Å². The second-order valence-corrected chi connectivity index (χ2v) is 8.61.